The molecule has 4 rings (SSSR count). The van der Waals surface area contributed by atoms with E-state index in [0.29, 0.717) is 19.8 Å². The number of alkyl halides is 1. The summed E-state index contributed by atoms with van der Waals surface area (Å²) in [5.74, 6) is 0. The third kappa shape index (κ3) is 6.71. The van der Waals surface area contributed by atoms with Gasteiger partial charge in [-0.25, -0.2) is 4.39 Å². The van der Waals surface area contributed by atoms with Crippen molar-refractivity contribution in [1.29, 1.82) is 0 Å². The van der Waals surface area contributed by atoms with Gasteiger partial charge >= 0.3 is 0 Å². The summed E-state index contributed by atoms with van der Waals surface area (Å²) < 4.78 is 38.3. The van der Waals surface area contributed by atoms with Crippen LogP contribution in [-0.2, 0) is 38.8 Å². The van der Waals surface area contributed by atoms with Crippen molar-refractivity contribution in [2.24, 2.45) is 0 Å². The minimum atomic E-state index is -1.42. The number of hydrogen-bond donors (Lipinski definition) is 0. The van der Waals surface area contributed by atoms with Gasteiger partial charge in [0.15, 0.2) is 0 Å². The quantitative estimate of drug-likeness (QED) is 0.423. The Kier molecular flexibility index (Phi) is 8.40. The standard InChI is InChI=1S/C27H29FO4/c28-26-16-24(30-18-22-12-6-2-7-13-22)27(31-19-23-14-8-3-9-15-23)25(32-26)20-29-17-21-10-4-1-5-11-21/h1-15,24-27H,16-20H2/t24-,25-,26-,27+/m1/s1. The first-order valence-electron chi connectivity index (χ1n) is 11.0. The predicted molar refractivity (Wildman–Crippen MR) is 121 cm³/mol. The zero-order valence-corrected chi connectivity index (χ0v) is 18.0. The minimum absolute atomic E-state index is 0.126. The molecule has 1 saturated heterocycles. The number of rotatable bonds is 10. The highest BCUT2D eigenvalue weighted by Crippen LogP contribution is 2.28. The Bertz CT molecular complexity index is 907. The summed E-state index contributed by atoms with van der Waals surface area (Å²) in [6.45, 7) is 1.44. The first-order chi connectivity index (χ1) is 15.8. The lowest BCUT2D eigenvalue weighted by Gasteiger charge is -2.39. The van der Waals surface area contributed by atoms with Crippen molar-refractivity contribution in [3.05, 3.63) is 108 Å². The number of benzene rings is 3. The maximum atomic E-state index is 14.5. The SMILES string of the molecule is F[C@H]1C[C@@H](OCc2ccccc2)[C@H](OCc2ccccc2)[C@@H](COCc2ccccc2)O1. The fraction of sp³-hybridized carbons (Fsp3) is 0.333. The molecule has 0 saturated carbocycles. The van der Waals surface area contributed by atoms with Gasteiger partial charge in [0.25, 0.3) is 0 Å². The van der Waals surface area contributed by atoms with Gasteiger partial charge in [-0.15, -0.1) is 0 Å². The Morgan fingerprint density at radius 2 is 1.19 bits per heavy atom. The van der Waals surface area contributed by atoms with Crippen molar-refractivity contribution < 1.29 is 23.3 Å². The third-order valence-electron chi connectivity index (χ3n) is 5.46. The van der Waals surface area contributed by atoms with Crippen molar-refractivity contribution in [1.82, 2.24) is 0 Å². The second-order valence-corrected chi connectivity index (χ2v) is 7.92. The average Bonchev–Trinajstić information content (AvgIpc) is 2.84. The van der Waals surface area contributed by atoms with Crippen LogP contribution in [0.3, 0.4) is 0 Å². The second-order valence-electron chi connectivity index (χ2n) is 7.92. The molecule has 0 unspecified atom stereocenters. The highest BCUT2D eigenvalue weighted by molar-refractivity contribution is 5.15. The summed E-state index contributed by atoms with van der Waals surface area (Å²) >= 11 is 0. The van der Waals surface area contributed by atoms with Crippen LogP contribution in [0.15, 0.2) is 91.0 Å². The lowest BCUT2D eigenvalue weighted by molar-refractivity contribution is -0.245. The molecule has 1 aliphatic heterocycles. The fourth-order valence-corrected chi connectivity index (χ4v) is 3.80. The summed E-state index contributed by atoms with van der Waals surface area (Å²) in [5.41, 5.74) is 3.13. The number of hydrogen-bond acceptors (Lipinski definition) is 4. The molecule has 1 fully saturated rings. The third-order valence-corrected chi connectivity index (χ3v) is 5.46. The van der Waals surface area contributed by atoms with E-state index in [0.717, 1.165) is 16.7 Å². The molecular formula is C27H29FO4. The molecule has 0 amide bonds. The first-order valence-corrected chi connectivity index (χ1v) is 11.0. The summed E-state index contributed by atoms with van der Waals surface area (Å²) in [6, 6.07) is 29.7. The molecule has 1 heterocycles. The van der Waals surface area contributed by atoms with Crippen LogP contribution < -0.4 is 0 Å². The topological polar surface area (TPSA) is 36.9 Å². The molecule has 4 nitrogen and oxygen atoms in total. The molecule has 5 heteroatoms. The van der Waals surface area contributed by atoms with Crippen LogP contribution in [0.5, 0.6) is 0 Å². The fourth-order valence-electron chi connectivity index (χ4n) is 3.80. The van der Waals surface area contributed by atoms with E-state index < -0.39 is 24.7 Å². The van der Waals surface area contributed by atoms with Crippen LogP contribution >= 0.6 is 0 Å². The second kappa shape index (κ2) is 11.9. The molecule has 0 radical (unpaired) electrons. The van der Waals surface area contributed by atoms with Gasteiger partial charge in [0, 0.05) is 6.42 Å². The first kappa shape index (κ1) is 22.6. The number of ether oxygens (including phenoxy) is 4. The van der Waals surface area contributed by atoms with E-state index in [1.165, 1.54) is 0 Å². The normalized spacial score (nSPS) is 23.2. The molecule has 3 aromatic carbocycles. The Hall–Kier alpha value is -2.57. The lowest BCUT2D eigenvalue weighted by atomic mass is 10.0. The maximum absolute atomic E-state index is 14.5. The van der Waals surface area contributed by atoms with Crippen LogP contribution in [0.1, 0.15) is 23.1 Å². The van der Waals surface area contributed by atoms with E-state index in [1.807, 2.05) is 91.0 Å². The molecule has 0 bridgehead atoms. The minimum Gasteiger partial charge on any atom is -0.374 e. The molecular weight excluding hydrogens is 407 g/mol. The molecule has 3 aromatic rings. The van der Waals surface area contributed by atoms with Crippen LogP contribution in [0.25, 0.3) is 0 Å². The van der Waals surface area contributed by atoms with Crippen molar-refractivity contribution in [3.63, 3.8) is 0 Å². The smallest absolute Gasteiger partial charge is 0.201 e. The molecule has 0 aliphatic carbocycles. The molecule has 32 heavy (non-hydrogen) atoms. The zero-order valence-electron chi connectivity index (χ0n) is 18.0. The lowest BCUT2D eigenvalue weighted by Crippen LogP contribution is -2.51. The Morgan fingerprint density at radius 1 is 0.688 bits per heavy atom. The molecule has 1 aliphatic rings. The summed E-state index contributed by atoms with van der Waals surface area (Å²) in [5, 5.41) is 0. The Labute approximate surface area is 188 Å². The van der Waals surface area contributed by atoms with E-state index in [9.17, 15) is 4.39 Å². The molecule has 0 N–H and O–H groups in total. The molecule has 168 valence electrons. The number of halogens is 1. The average molecular weight is 437 g/mol. The van der Waals surface area contributed by atoms with E-state index in [4.69, 9.17) is 18.9 Å². The van der Waals surface area contributed by atoms with Gasteiger partial charge in [-0.1, -0.05) is 91.0 Å². The van der Waals surface area contributed by atoms with Gasteiger partial charge in [-0.05, 0) is 16.7 Å². The van der Waals surface area contributed by atoms with Gasteiger partial charge < -0.3 is 18.9 Å². The summed E-state index contributed by atoms with van der Waals surface area (Å²) in [4.78, 5) is 0. The van der Waals surface area contributed by atoms with E-state index in [-0.39, 0.29) is 13.0 Å². The van der Waals surface area contributed by atoms with Crippen LogP contribution in [-0.4, -0.2) is 31.3 Å². The molecule has 4 atom stereocenters. The largest absolute Gasteiger partial charge is 0.374 e. The Morgan fingerprint density at radius 3 is 1.75 bits per heavy atom. The summed E-state index contributed by atoms with van der Waals surface area (Å²) in [6.07, 6.45) is -2.74. The van der Waals surface area contributed by atoms with Crippen molar-refractivity contribution in [3.8, 4) is 0 Å². The highest BCUT2D eigenvalue weighted by Gasteiger charge is 2.40. The van der Waals surface area contributed by atoms with Crippen LogP contribution in [0.4, 0.5) is 4.39 Å². The van der Waals surface area contributed by atoms with E-state index in [1.54, 1.807) is 0 Å². The van der Waals surface area contributed by atoms with E-state index in [2.05, 4.69) is 0 Å². The van der Waals surface area contributed by atoms with E-state index >= 15 is 0 Å². The zero-order chi connectivity index (χ0) is 22.0. The van der Waals surface area contributed by atoms with Gasteiger partial charge in [0.1, 0.15) is 12.2 Å². The van der Waals surface area contributed by atoms with Crippen molar-refractivity contribution in [2.75, 3.05) is 6.61 Å². The predicted octanol–water partition coefficient (Wildman–Crippen LogP) is 5.46. The van der Waals surface area contributed by atoms with Crippen LogP contribution in [0.2, 0.25) is 0 Å². The van der Waals surface area contributed by atoms with Gasteiger partial charge in [-0.3, -0.25) is 0 Å². The monoisotopic (exact) mass is 436 g/mol. The molecule has 0 aromatic heterocycles. The van der Waals surface area contributed by atoms with Gasteiger partial charge in [0.05, 0.1) is 32.5 Å². The molecule has 0 spiro atoms. The van der Waals surface area contributed by atoms with Gasteiger partial charge in [0.2, 0.25) is 6.36 Å². The maximum Gasteiger partial charge on any atom is 0.201 e. The van der Waals surface area contributed by atoms with Crippen LogP contribution in [0, 0.1) is 0 Å². The summed E-state index contributed by atoms with van der Waals surface area (Å²) in [7, 11) is 0. The van der Waals surface area contributed by atoms with Crippen molar-refractivity contribution in [2.45, 2.75) is 50.9 Å². The highest BCUT2D eigenvalue weighted by atomic mass is 19.1. The van der Waals surface area contributed by atoms with Crippen molar-refractivity contribution >= 4 is 0 Å². The van der Waals surface area contributed by atoms with Gasteiger partial charge in [-0.2, -0.15) is 0 Å². The Balaban J connectivity index is 1.42.